The van der Waals surface area contributed by atoms with Crippen LogP contribution in [0.25, 0.3) is 6.08 Å². The Labute approximate surface area is 103 Å². The molecule has 0 aliphatic rings. The molecule has 0 saturated heterocycles. The first-order valence-corrected chi connectivity index (χ1v) is 5.97. The van der Waals surface area contributed by atoms with Crippen molar-refractivity contribution in [1.82, 2.24) is 9.55 Å². The van der Waals surface area contributed by atoms with Crippen LogP contribution in [0.15, 0.2) is 37.0 Å². The highest BCUT2D eigenvalue weighted by molar-refractivity contribution is 5.47. The van der Waals surface area contributed by atoms with E-state index < -0.39 is 0 Å². The molecule has 1 heterocycles. The number of aryl methyl sites for hydroxylation is 2. The van der Waals surface area contributed by atoms with Crippen molar-refractivity contribution in [2.24, 2.45) is 0 Å². The molecule has 1 aromatic heterocycles. The lowest BCUT2D eigenvalue weighted by Crippen LogP contribution is -2.03. The number of imidazole rings is 1. The van der Waals surface area contributed by atoms with Gasteiger partial charge in [-0.05, 0) is 24.1 Å². The molecular weight excluding hydrogens is 208 g/mol. The van der Waals surface area contributed by atoms with Crippen LogP contribution in [0, 0.1) is 6.92 Å². The van der Waals surface area contributed by atoms with Gasteiger partial charge in [-0.15, -0.1) is 0 Å². The molecule has 1 aromatic carbocycles. The van der Waals surface area contributed by atoms with E-state index in [0.717, 1.165) is 30.0 Å². The number of nitrogens with zero attached hydrogens (tertiary/aromatic N) is 2. The van der Waals surface area contributed by atoms with Crippen LogP contribution in [-0.2, 0) is 13.0 Å². The Morgan fingerprint density at radius 2 is 2.24 bits per heavy atom. The molecule has 0 amide bonds. The first-order valence-electron chi connectivity index (χ1n) is 5.97. The smallest absolute Gasteiger partial charge is 0.108 e. The summed E-state index contributed by atoms with van der Waals surface area (Å²) in [7, 11) is 0. The predicted octanol–water partition coefficient (Wildman–Crippen LogP) is 3.45. The van der Waals surface area contributed by atoms with Crippen molar-refractivity contribution >= 4 is 6.08 Å². The number of hydrogen-bond donors (Lipinski definition) is 0. The Bertz CT molecular complexity index is 523. The second-order valence-corrected chi connectivity index (χ2v) is 4.23. The highest BCUT2D eigenvalue weighted by atomic mass is 15.1. The fourth-order valence-electron chi connectivity index (χ4n) is 2.03. The summed E-state index contributed by atoms with van der Waals surface area (Å²) in [5.74, 6) is 1.14. The van der Waals surface area contributed by atoms with Gasteiger partial charge in [0.2, 0.25) is 0 Å². The van der Waals surface area contributed by atoms with Crippen molar-refractivity contribution in [2.45, 2.75) is 26.8 Å². The molecule has 0 atom stereocenters. The predicted molar refractivity (Wildman–Crippen MR) is 72.0 cm³/mol. The van der Waals surface area contributed by atoms with Gasteiger partial charge in [0, 0.05) is 19.2 Å². The van der Waals surface area contributed by atoms with Crippen molar-refractivity contribution in [3.63, 3.8) is 0 Å². The zero-order valence-corrected chi connectivity index (χ0v) is 10.5. The van der Waals surface area contributed by atoms with Crippen LogP contribution in [0.5, 0.6) is 0 Å². The van der Waals surface area contributed by atoms with Crippen LogP contribution in [-0.4, -0.2) is 9.55 Å². The maximum absolute atomic E-state index is 4.51. The van der Waals surface area contributed by atoms with Crippen LogP contribution in [0.1, 0.15) is 29.6 Å². The summed E-state index contributed by atoms with van der Waals surface area (Å²) in [6.45, 7) is 8.85. The minimum atomic E-state index is 0.881. The highest BCUT2D eigenvalue weighted by Gasteiger charge is 2.04. The molecule has 0 N–H and O–H groups in total. The zero-order chi connectivity index (χ0) is 12.3. The first-order chi connectivity index (χ1) is 8.22. The van der Waals surface area contributed by atoms with E-state index in [-0.39, 0.29) is 0 Å². The molecule has 2 heteroatoms. The largest absolute Gasteiger partial charge is 0.330 e. The third-order valence-corrected chi connectivity index (χ3v) is 2.84. The van der Waals surface area contributed by atoms with Crippen molar-refractivity contribution in [3.05, 3.63) is 59.7 Å². The standard InChI is InChI=1S/C15H18N2/c1-4-13-7-6-8-14(9-13)11-17-10-12(3)16-15(17)5-2/h4,6-10H,1,5,11H2,2-3H3. The van der Waals surface area contributed by atoms with Gasteiger partial charge in [-0.25, -0.2) is 4.98 Å². The number of rotatable bonds is 4. The lowest BCUT2D eigenvalue weighted by atomic mass is 10.1. The number of hydrogen-bond acceptors (Lipinski definition) is 1. The maximum Gasteiger partial charge on any atom is 0.108 e. The molecule has 17 heavy (non-hydrogen) atoms. The van der Waals surface area contributed by atoms with E-state index in [9.17, 15) is 0 Å². The van der Waals surface area contributed by atoms with E-state index in [0.29, 0.717) is 0 Å². The Morgan fingerprint density at radius 1 is 1.41 bits per heavy atom. The lowest BCUT2D eigenvalue weighted by Gasteiger charge is -2.07. The Hall–Kier alpha value is -1.83. The number of aromatic nitrogens is 2. The summed E-state index contributed by atoms with van der Waals surface area (Å²) in [4.78, 5) is 4.51. The van der Waals surface area contributed by atoms with Crippen molar-refractivity contribution in [3.8, 4) is 0 Å². The zero-order valence-electron chi connectivity index (χ0n) is 10.5. The van der Waals surface area contributed by atoms with E-state index in [2.05, 4.69) is 53.5 Å². The van der Waals surface area contributed by atoms with Gasteiger partial charge < -0.3 is 4.57 Å². The van der Waals surface area contributed by atoms with Crippen LogP contribution in [0.3, 0.4) is 0 Å². The van der Waals surface area contributed by atoms with E-state index in [1.165, 1.54) is 5.56 Å². The molecule has 0 aliphatic heterocycles. The monoisotopic (exact) mass is 226 g/mol. The Balaban J connectivity index is 2.27. The van der Waals surface area contributed by atoms with E-state index >= 15 is 0 Å². The van der Waals surface area contributed by atoms with Gasteiger partial charge in [0.1, 0.15) is 5.82 Å². The van der Waals surface area contributed by atoms with E-state index in [4.69, 9.17) is 0 Å². The SMILES string of the molecule is C=Cc1cccc(Cn2cc(C)nc2CC)c1. The molecule has 88 valence electrons. The maximum atomic E-state index is 4.51. The van der Waals surface area contributed by atoms with Gasteiger partial charge >= 0.3 is 0 Å². The second kappa shape index (κ2) is 5.00. The highest BCUT2D eigenvalue weighted by Crippen LogP contribution is 2.11. The average Bonchev–Trinajstić information content (AvgIpc) is 2.69. The molecule has 2 aromatic rings. The summed E-state index contributed by atoms with van der Waals surface area (Å²) in [5, 5.41) is 0. The van der Waals surface area contributed by atoms with Crippen LogP contribution >= 0.6 is 0 Å². The van der Waals surface area contributed by atoms with Crippen molar-refractivity contribution in [2.75, 3.05) is 0 Å². The molecule has 0 radical (unpaired) electrons. The molecule has 0 unspecified atom stereocenters. The van der Waals surface area contributed by atoms with Crippen molar-refractivity contribution in [1.29, 1.82) is 0 Å². The first kappa shape index (κ1) is 11.6. The Kier molecular flexibility index (Phi) is 3.43. The molecule has 0 bridgehead atoms. The van der Waals surface area contributed by atoms with E-state index in [1.807, 2.05) is 13.0 Å². The Morgan fingerprint density at radius 3 is 2.94 bits per heavy atom. The average molecular weight is 226 g/mol. The minimum absolute atomic E-state index is 0.881. The molecular formula is C15H18N2. The topological polar surface area (TPSA) is 17.8 Å². The van der Waals surface area contributed by atoms with Crippen molar-refractivity contribution < 1.29 is 0 Å². The van der Waals surface area contributed by atoms with Gasteiger partial charge in [0.05, 0.1) is 5.69 Å². The van der Waals surface area contributed by atoms with Crippen LogP contribution in [0.2, 0.25) is 0 Å². The van der Waals surface area contributed by atoms with Crippen LogP contribution in [0.4, 0.5) is 0 Å². The second-order valence-electron chi connectivity index (χ2n) is 4.23. The third-order valence-electron chi connectivity index (χ3n) is 2.84. The fraction of sp³-hybridized carbons (Fsp3) is 0.267. The normalized spacial score (nSPS) is 10.5. The van der Waals surface area contributed by atoms with E-state index in [1.54, 1.807) is 0 Å². The number of benzene rings is 1. The van der Waals surface area contributed by atoms with Gasteiger partial charge in [0.25, 0.3) is 0 Å². The minimum Gasteiger partial charge on any atom is -0.330 e. The molecule has 0 saturated carbocycles. The molecule has 2 rings (SSSR count). The molecule has 0 spiro atoms. The van der Waals surface area contributed by atoms with Gasteiger partial charge in [-0.3, -0.25) is 0 Å². The summed E-state index contributed by atoms with van der Waals surface area (Å²) < 4.78 is 2.22. The summed E-state index contributed by atoms with van der Waals surface area (Å²) >= 11 is 0. The quantitative estimate of drug-likeness (QED) is 0.780. The fourth-order valence-corrected chi connectivity index (χ4v) is 2.03. The summed E-state index contributed by atoms with van der Waals surface area (Å²) in [6.07, 6.45) is 4.96. The van der Waals surface area contributed by atoms with Gasteiger partial charge in [-0.1, -0.05) is 37.8 Å². The summed E-state index contributed by atoms with van der Waals surface area (Å²) in [6, 6.07) is 8.45. The molecule has 0 aliphatic carbocycles. The third kappa shape index (κ3) is 2.64. The molecule has 2 nitrogen and oxygen atoms in total. The van der Waals surface area contributed by atoms with Gasteiger partial charge in [-0.2, -0.15) is 0 Å². The summed E-state index contributed by atoms with van der Waals surface area (Å²) in [5.41, 5.74) is 3.54. The van der Waals surface area contributed by atoms with Gasteiger partial charge in [0.15, 0.2) is 0 Å². The van der Waals surface area contributed by atoms with Crippen LogP contribution < -0.4 is 0 Å². The lowest BCUT2D eigenvalue weighted by molar-refractivity contribution is 0.732. The molecule has 0 fully saturated rings.